The highest BCUT2D eigenvalue weighted by Crippen LogP contribution is 2.49. The summed E-state index contributed by atoms with van der Waals surface area (Å²) in [6.45, 7) is 5.41. The fourth-order valence-corrected chi connectivity index (χ4v) is 3.84. The van der Waals surface area contributed by atoms with E-state index in [9.17, 15) is 0 Å². The number of hydrogen-bond acceptors (Lipinski definition) is 2. The maximum Gasteiger partial charge on any atom is 0.171 e. The van der Waals surface area contributed by atoms with Crippen LogP contribution in [0.5, 0.6) is 0 Å². The van der Waals surface area contributed by atoms with Gasteiger partial charge in [-0.15, -0.1) is 6.58 Å². The molecule has 1 saturated carbocycles. The van der Waals surface area contributed by atoms with Gasteiger partial charge in [0.2, 0.25) is 0 Å². The number of ether oxygens (including phenoxy) is 2. The first-order chi connectivity index (χ1) is 8.34. The molecule has 2 fully saturated rings. The Hall–Kier alpha value is -0.600. The topological polar surface area (TPSA) is 18.5 Å². The molecule has 0 aromatic rings. The molecule has 1 heterocycles. The smallest absolute Gasteiger partial charge is 0.171 e. The lowest BCUT2D eigenvalue weighted by atomic mass is 9.68. The minimum absolute atomic E-state index is 0.223. The second-order valence-electron chi connectivity index (χ2n) is 5.53. The first-order valence-corrected chi connectivity index (χ1v) is 6.92. The van der Waals surface area contributed by atoms with E-state index in [1.807, 2.05) is 6.08 Å². The molecule has 1 saturated heterocycles. The van der Waals surface area contributed by atoms with Gasteiger partial charge in [-0.25, -0.2) is 0 Å². The Bertz CT molecular complexity index is 326. The van der Waals surface area contributed by atoms with Crippen molar-refractivity contribution < 1.29 is 9.47 Å². The van der Waals surface area contributed by atoms with Gasteiger partial charge in [0, 0.05) is 12.3 Å². The van der Waals surface area contributed by atoms with Gasteiger partial charge in [-0.05, 0) is 38.0 Å². The summed E-state index contributed by atoms with van der Waals surface area (Å²) in [7, 11) is 0. The predicted octanol–water partition coefficient (Wildman–Crippen LogP) is 3.44. The molecule has 0 amide bonds. The second-order valence-corrected chi connectivity index (χ2v) is 5.53. The van der Waals surface area contributed by atoms with Crippen molar-refractivity contribution in [3.05, 3.63) is 24.3 Å². The van der Waals surface area contributed by atoms with Gasteiger partial charge < -0.3 is 9.47 Å². The normalized spacial score (nSPS) is 35.4. The first kappa shape index (κ1) is 11.5. The summed E-state index contributed by atoms with van der Waals surface area (Å²) in [4.78, 5) is 0. The largest absolute Gasteiger partial charge is 0.347 e. The fraction of sp³-hybridized carbons (Fsp3) is 0.733. The van der Waals surface area contributed by atoms with Crippen LogP contribution >= 0.6 is 0 Å². The zero-order valence-corrected chi connectivity index (χ0v) is 10.5. The molecule has 2 atom stereocenters. The van der Waals surface area contributed by atoms with Crippen molar-refractivity contribution in [2.75, 3.05) is 13.2 Å². The quantitative estimate of drug-likeness (QED) is 0.681. The van der Waals surface area contributed by atoms with E-state index < -0.39 is 0 Å². The van der Waals surface area contributed by atoms with Gasteiger partial charge in [-0.1, -0.05) is 17.7 Å². The third-order valence-electron chi connectivity index (χ3n) is 4.55. The lowest BCUT2D eigenvalue weighted by molar-refractivity contribution is -0.223. The van der Waals surface area contributed by atoms with Gasteiger partial charge in [0.1, 0.15) is 0 Å². The summed E-state index contributed by atoms with van der Waals surface area (Å²) in [5.74, 6) is 1.04. The van der Waals surface area contributed by atoms with Gasteiger partial charge in [-0.2, -0.15) is 0 Å². The molecule has 0 radical (unpaired) electrons. The van der Waals surface area contributed by atoms with Crippen LogP contribution < -0.4 is 0 Å². The van der Waals surface area contributed by atoms with Crippen molar-refractivity contribution in [3.63, 3.8) is 0 Å². The SMILES string of the molecule is C=CCC1=CC2CCCC3(OCCO3)C2CC1. The molecule has 0 bridgehead atoms. The van der Waals surface area contributed by atoms with Crippen LogP contribution in [0.25, 0.3) is 0 Å². The Labute approximate surface area is 104 Å². The summed E-state index contributed by atoms with van der Waals surface area (Å²) in [5, 5.41) is 0. The molecule has 0 N–H and O–H groups in total. The van der Waals surface area contributed by atoms with Crippen molar-refractivity contribution in [1.29, 1.82) is 0 Å². The van der Waals surface area contributed by atoms with Crippen LogP contribution in [0, 0.1) is 11.8 Å². The molecule has 0 aromatic carbocycles. The summed E-state index contributed by atoms with van der Waals surface area (Å²) in [5.41, 5.74) is 1.57. The van der Waals surface area contributed by atoms with Gasteiger partial charge in [0.05, 0.1) is 13.2 Å². The van der Waals surface area contributed by atoms with Crippen molar-refractivity contribution in [2.24, 2.45) is 11.8 Å². The molecule has 2 unspecified atom stereocenters. The molecule has 0 aromatic heterocycles. The molecule has 94 valence electrons. The highest BCUT2D eigenvalue weighted by Gasteiger charge is 2.49. The number of allylic oxidation sites excluding steroid dienone is 3. The molecule has 3 aliphatic rings. The minimum atomic E-state index is -0.223. The zero-order chi connectivity index (χ0) is 11.7. The highest BCUT2D eigenvalue weighted by molar-refractivity contribution is 5.15. The number of rotatable bonds is 2. The van der Waals surface area contributed by atoms with E-state index in [4.69, 9.17) is 9.47 Å². The van der Waals surface area contributed by atoms with Gasteiger partial charge in [0.15, 0.2) is 5.79 Å². The lowest BCUT2D eigenvalue weighted by Gasteiger charge is -2.45. The summed E-state index contributed by atoms with van der Waals surface area (Å²) >= 11 is 0. The van der Waals surface area contributed by atoms with Crippen molar-refractivity contribution in [1.82, 2.24) is 0 Å². The van der Waals surface area contributed by atoms with Crippen LogP contribution in [-0.2, 0) is 9.47 Å². The molecule has 2 nitrogen and oxygen atoms in total. The van der Waals surface area contributed by atoms with Crippen molar-refractivity contribution in [3.8, 4) is 0 Å². The van der Waals surface area contributed by atoms with Crippen molar-refractivity contribution in [2.45, 2.75) is 44.3 Å². The Morgan fingerprint density at radius 2 is 2.18 bits per heavy atom. The molecule has 1 spiro atoms. The second kappa shape index (κ2) is 4.58. The van der Waals surface area contributed by atoms with Gasteiger partial charge >= 0.3 is 0 Å². The maximum atomic E-state index is 5.97. The maximum absolute atomic E-state index is 5.97. The molecule has 2 heteroatoms. The molecule has 2 aliphatic carbocycles. The third kappa shape index (κ3) is 1.98. The summed E-state index contributed by atoms with van der Waals surface area (Å²) < 4.78 is 11.9. The Kier molecular flexibility index (Phi) is 3.10. The average molecular weight is 234 g/mol. The van der Waals surface area contributed by atoms with Crippen LogP contribution in [0.1, 0.15) is 38.5 Å². The van der Waals surface area contributed by atoms with Gasteiger partial charge in [0.25, 0.3) is 0 Å². The molecular weight excluding hydrogens is 212 g/mol. The minimum Gasteiger partial charge on any atom is -0.347 e. The van der Waals surface area contributed by atoms with E-state index in [-0.39, 0.29) is 5.79 Å². The zero-order valence-electron chi connectivity index (χ0n) is 10.5. The van der Waals surface area contributed by atoms with E-state index in [2.05, 4.69) is 12.7 Å². The predicted molar refractivity (Wildman–Crippen MR) is 67.6 cm³/mol. The van der Waals surface area contributed by atoms with Gasteiger partial charge in [-0.3, -0.25) is 0 Å². The number of hydrogen-bond donors (Lipinski definition) is 0. The van der Waals surface area contributed by atoms with Crippen LogP contribution in [0.4, 0.5) is 0 Å². The Morgan fingerprint density at radius 1 is 1.35 bits per heavy atom. The molecule has 17 heavy (non-hydrogen) atoms. The van der Waals surface area contributed by atoms with Crippen LogP contribution in [0.15, 0.2) is 24.3 Å². The van der Waals surface area contributed by atoms with Crippen molar-refractivity contribution >= 4 is 0 Å². The van der Waals surface area contributed by atoms with E-state index >= 15 is 0 Å². The van der Waals surface area contributed by atoms with E-state index in [0.29, 0.717) is 11.8 Å². The third-order valence-corrected chi connectivity index (χ3v) is 4.55. The van der Waals surface area contributed by atoms with E-state index in [0.717, 1.165) is 26.1 Å². The number of fused-ring (bicyclic) bond motifs is 2. The first-order valence-electron chi connectivity index (χ1n) is 6.92. The lowest BCUT2D eigenvalue weighted by Crippen LogP contribution is -2.46. The van der Waals surface area contributed by atoms with Crippen LogP contribution in [-0.4, -0.2) is 19.0 Å². The fourth-order valence-electron chi connectivity index (χ4n) is 3.84. The average Bonchev–Trinajstić information content (AvgIpc) is 2.79. The van der Waals surface area contributed by atoms with E-state index in [1.54, 1.807) is 5.57 Å². The molecule has 3 rings (SSSR count). The standard InChI is InChI=1S/C15H22O2/c1-2-4-12-6-7-14-13(11-12)5-3-8-15(14)16-9-10-17-15/h2,11,13-14H,1,3-10H2. The van der Waals surface area contributed by atoms with Crippen LogP contribution in [0.3, 0.4) is 0 Å². The van der Waals surface area contributed by atoms with E-state index in [1.165, 1.54) is 25.7 Å². The highest BCUT2D eigenvalue weighted by atomic mass is 16.7. The monoisotopic (exact) mass is 234 g/mol. The molecular formula is C15H22O2. The Balaban J connectivity index is 1.80. The Morgan fingerprint density at radius 3 is 2.94 bits per heavy atom. The molecule has 1 aliphatic heterocycles. The summed E-state index contributed by atoms with van der Waals surface area (Å²) in [6.07, 6.45) is 11.6. The van der Waals surface area contributed by atoms with Crippen LogP contribution in [0.2, 0.25) is 0 Å². The summed E-state index contributed by atoms with van der Waals surface area (Å²) in [6, 6.07) is 0.